The first-order chi connectivity index (χ1) is 11.7. The summed E-state index contributed by atoms with van der Waals surface area (Å²) in [6.45, 7) is -0.240. The molecule has 0 bridgehead atoms. The summed E-state index contributed by atoms with van der Waals surface area (Å²) >= 11 is 1.57. The maximum absolute atomic E-state index is 13.5. The molecule has 1 heterocycles. The summed E-state index contributed by atoms with van der Waals surface area (Å²) in [5, 5.41) is 4.91. The van der Waals surface area contributed by atoms with Crippen LogP contribution in [0.25, 0.3) is 0 Å². The minimum Gasteiger partial charge on any atom is -0.481 e. The van der Waals surface area contributed by atoms with Crippen molar-refractivity contribution in [2.24, 2.45) is 0 Å². The van der Waals surface area contributed by atoms with Gasteiger partial charge in [-0.2, -0.15) is 0 Å². The summed E-state index contributed by atoms with van der Waals surface area (Å²) in [5.74, 6) is -0.719. The fourth-order valence-electron chi connectivity index (χ4n) is 2.33. The Labute approximate surface area is 143 Å². The predicted octanol–water partition coefficient (Wildman–Crippen LogP) is 4.17. The number of carbonyl (C=O) groups is 1. The lowest BCUT2D eigenvalue weighted by molar-refractivity contribution is -0.123. The summed E-state index contributed by atoms with van der Waals surface area (Å²) in [5.41, 5.74) is 0.985. The van der Waals surface area contributed by atoms with Gasteiger partial charge in [-0.05, 0) is 29.1 Å². The number of rotatable bonds is 6. The second-order valence-corrected chi connectivity index (χ2v) is 6.12. The van der Waals surface area contributed by atoms with Gasteiger partial charge < -0.3 is 10.1 Å². The lowest BCUT2D eigenvalue weighted by Crippen LogP contribution is -2.33. The van der Waals surface area contributed by atoms with E-state index < -0.39 is 5.82 Å². The average Bonchev–Trinajstić information content (AvgIpc) is 3.14. The van der Waals surface area contributed by atoms with Crippen LogP contribution >= 0.6 is 11.3 Å². The van der Waals surface area contributed by atoms with Gasteiger partial charge in [0.25, 0.3) is 5.91 Å². The predicted molar refractivity (Wildman–Crippen MR) is 92.6 cm³/mol. The molecule has 24 heavy (non-hydrogen) atoms. The first-order valence-corrected chi connectivity index (χ1v) is 8.37. The summed E-state index contributed by atoms with van der Waals surface area (Å²) in [7, 11) is 0. The van der Waals surface area contributed by atoms with Crippen molar-refractivity contribution in [3.63, 3.8) is 0 Å². The molecule has 3 aromatic rings. The highest BCUT2D eigenvalue weighted by atomic mass is 32.1. The molecule has 1 N–H and O–H groups in total. The van der Waals surface area contributed by atoms with Crippen molar-refractivity contribution in [2.75, 3.05) is 6.61 Å². The van der Waals surface area contributed by atoms with E-state index in [0.29, 0.717) is 0 Å². The van der Waals surface area contributed by atoms with Crippen LogP contribution in [0.5, 0.6) is 5.75 Å². The fraction of sp³-hybridized carbons (Fsp3) is 0.105. The molecule has 0 saturated heterocycles. The molecule has 0 aliphatic rings. The number of ether oxygens (including phenoxy) is 1. The van der Waals surface area contributed by atoms with Crippen molar-refractivity contribution in [3.05, 3.63) is 88.4 Å². The molecule has 1 atom stereocenters. The number of hydrogen-bond donors (Lipinski definition) is 1. The van der Waals surface area contributed by atoms with Gasteiger partial charge in [0.15, 0.2) is 18.2 Å². The monoisotopic (exact) mass is 341 g/mol. The van der Waals surface area contributed by atoms with Crippen LogP contribution in [0.1, 0.15) is 16.5 Å². The second kappa shape index (κ2) is 7.75. The lowest BCUT2D eigenvalue weighted by atomic mass is 10.1. The molecule has 0 aliphatic carbocycles. The van der Waals surface area contributed by atoms with Gasteiger partial charge in [-0.25, -0.2) is 4.39 Å². The zero-order valence-electron chi connectivity index (χ0n) is 12.8. The smallest absolute Gasteiger partial charge is 0.258 e. The van der Waals surface area contributed by atoms with Crippen LogP contribution in [0.2, 0.25) is 0 Å². The summed E-state index contributed by atoms with van der Waals surface area (Å²) in [4.78, 5) is 13.3. The van der Waals surface area contributed by atoms with E-state index in [0.717, 1.165) is 10.4 Å². The summed E-state index contributed by atoms with van der Waals surface area (Å²) in [6.07, 6.45) is 0. The molecule has 0 fully saturated rings. The van der Waals surface area contributed by atoms with Gasteiger partial charge in [0, 0.05) is 4.88 Å². The largest absolute Gasteiger partial charge is 0.481 e. The number of hydrogen-bond acceptors (Lipinski definition) is 3. The maximum Gasteiger partial charge on any atom is 0.258 e. The van der Waals surface area contributed by atoms with E-state index in [4.69, 9.17) is 4.74 Å². The Morgan fingerprint density at radius 3 is 2.50 bits per heavy atom. The second-order valence-electron chi connectivity index (χ2n) is 5.15. The molecule has 1 amide bonds. The number of nitrogens with one attached hydrogen (secondary N) is 1. The third-order valence-electron chi connectivity index (χ3n) is 3.46. The van der Waals surface area contributed by atoms with Crippen LogP contribution in [0.3, 0.4) is 0 Å². The molecule has 3 rings (SSSR count). The van der Waals surface area contributed by atoms with E-state index in [1.54, 1.807) is 23.5 Å². The Kier molecular flexibility index (Phi) is 5.23. The number of thiophene rings is 1. The quantitative estimate of drug-likeness (QED) is 0.731. The van der Waals surface area contributed by atoms with Crippen LogP contribution in [0.15, 0.2) is 72.1 Å². The first-order valence-electron chi connectivity index (χ1n) is 7.49. The van der Waals surface area contributed by atoms with Crippen molar-refractivity contribution in [3.8, 4) is 5.75 Å². The maximum atomic E-state index is 13.5. The minimum atomic E-state index is -0.483. The van der Waals surface area contributed by atoms with Gasteiger partial charge in [-0.1, -0.05) is 48.5 Å². The van der Waals surface area contributed by atoms with E-state index in [1.807, 2.05) is 47.8 Å². The van der Waals surface area contributed by atoms with Crippen LogP contribution in [0.4, 0.5) is 4.39 Å². The first kappa shape index (κ1) is 16.2. The number of halogens is 1. The van der Waals surface area contributed by atoms with Gasteiger partial charge in [0.2, 0.25) is 0 Å². The minimum absolute atomic E-state index is 0.0695. The molecule has 3 nitrogen and oxygen atoms in total. The third kappa shape index (κ3) is 4.00. The van der Waals surface area contributed by atoms with Crippen molar-refractivity contribution < 1.29 is 13.9 Å². The van der Waals surface area contributed by atoms with Crippen LogP contribution in [-0.4, -0.2) is 12.5 Å². The van der Waals surface area contributed by atoms with E-state index in [9.17, 15) is 9.18 Å². The van der Waals surface area contributed by atoms with Gasteiger partial charge >= 0.3 is 0 Å². The topological polar surface area (TPSA) is 38.3 Å². The molecular formula is C19H16FNO2S. The van der Waals surface area contributed by atoms with Crippen LogP contribution < -0.4 is 10.1 Å². The Bertz CT molecular complexity index is 790. The zero-order chi connectivity index (χ0) is 16.8. The molecule has 0 spiro atoms. The Hall–Kier alpha value is -2.66. The van der Waals surface area contributed by atoms with Gasteiger partial charge in [-0.15, -0.1) is 11.3 Å². The highest BCUT2D eigenvalue weighted by Gasteiger charge is 2.18. The molecule has 2 aromatic carbocycles. The molecule has 5 heteroatoms. The molecule has 0 unspecified atom stereocenters. The standard InChI is InChI=1S/C19H16FNO2S/c20-15-9-4-5-10-16(15)23-13-18(22)21-19(17-11-6-12-24-17)14-7-2-1-3-8-14/h1-12,19H,13H2,(H,21,22)/t19-/m0/s1. The van der Waals surface area contributed by atoms with Gasteiger partial charge in [0.05, 0.1) is 6.04 Å². The number of para-hydroxylation sites is 1. The van der Waals surface area contributed by atoms with Crippen LogP contribution in [-0.2, 0) is 4.79 Å². The van der Waals surface area contributed by atoms with Gasteiger partial charge in [0.1, 0.15) is 0 Å². The molecule has 1 aromatic heterocycles. The highest BCUT2D eigenvalue weighted by Crippen LogP contribution is 2.26. The SMILES string of the molecule is O=C(COc1ccccc1F)N[C@@H](c1ccccc1)c1cccs1. The Balaban J connectivity index is 1.69. The van der Waals surface area contributed by atoms with Crippen molar-refractivity contribution >= 4 is 17.2 Å². The number of carbonyl (C=O) groups excluding carboxylic acids is 1. The molecular weight excluding hydrogens is 325 g/mol. The Morgan fingerprint density at radius 1 is 1.04 bits per heavy atom. The molecule has 0 saturated carbocycles. The lowest BCUT2D eigenvalue weighted by Gasteiger charge is -2.18. The summed E-state index contributed by atoms with van der Waals surface area (Å²) in [6, 6.07) is 19.4. The molecule has 0 aliphatic heterocycles. The number of amides is 1. The average molecular weight is 341 g/mol. The normalized spacial score (nSPS) is 11.7. The third-order valence-corrected chi connectivity index (χ3v) is 4.40. The summed E-state index contributed by atoms with van der Waals surface area (Å²) < 4.78 is 18.8. The zero-order valence-corrected chi connectivity index (χ0v) is 13.6. The van der Waals surface area contributed by atoms with E-state index >= 15 is 0 Å². The van der Waals surface area contributed by atoms with Crippen molar-refractivity contribution in [2.45, 2.75) is 6.04 Å². The number of benzene rings is 2. The Morgan fingerprint density at radius 2 is 1.79 bits per heavy atom. The van der Waals surface area contributed by atoms with E-state index in [-0.39, 0.29) is 24.3 Å². The highest BCUT2D eigenvalue weighted by molar-refractivity contribution is 7.10. The van der Waals surface area contributed by atoms with Gasteiger partial charge in [-0.3, -0.25) is 4.79 Å². The molecule has 0 radical (unpaired) electrons. The van der Waals surface area contributed by atoms with E-state index in [2.05, 4.69) is 5.32 Å². The van der Waals surface area contributed by atoms with Crippen molar-refractivity contribution in [1.82, 2.24) is 5.32 Å². The van der Waals surface area contributed by atoms with Crippen molar-refractivity contribution in [1.29, 1.82) is 0 Å². The fourth-order valence-corrected chi connectivity index (χ4v) is 3.13. The molecule has 122 valence electrons. The van der Waals surface area contributed by atoms with Crippen LogP contribution in [0, 0.1) is 5.82 Å². The van der Waals surface area contributed by atoms with E-state index in [1.165, 1.54) is 12.1 Å².